The molecule has 8 nitrogen and oxygen atoms in total. The number of anilines is 2. The van der Waals surface area contributed by atoms with E-state index in [4.69, 9.17) is 15.2 Å². The van der Waals surface area contributed by atoms with Crippen LogP contribution in [0.3, 0.4) is 0 Å². The number of nitrogens with two attached hydrogens (primary N) is 1. The number of fused-ring (bicyclic) bond motifs is 1. The molecule has 2 amide bonds. The predicted octanol–water partition coefficient (Wildman–Crippen LogP) is 2.71. The van der Waals surface area contributed by atoms with Crippen molar-refractivity contribution in [2.24, 2.45) is 10.7 Å². The Morgan fingerprint density at radius 3 is 2.60 bits per heavy atom. The molecule has 0 spiro atoms. The summed E-state index contributed by atoms with van der Waals surface area (Å²) in [5.74, 6) is -0.0696. The number of carbonyl (C=O) groups is 2. The van der Waals surface area contributed by atoms with Crippen LogP contribution in [-0.2, 0) is 14.3 Å². The molecule has 0 radical (unpaired) electrons. The Hall–Kier alpha value is -2.87. The molecule has 2 aliphatic heterocycles. The summed E-state index contributed by atoms with van der Waals surface area (Å²) >= 11 is 0. The maximum atomic E-state index is 13.0. The van der Waals surface area contributed by atoms with Crippen LogP contribution in [-0.4, -0.2) is 55.7 Å². The Balaban J connectivity index is 1.69. The average molecular weight is 412 g/mol. The second kappa shape index (κ2) is 7.75. The van der Waals surface area contributed by atoms with Gasteiger partial charge in [-0.05, 0) is 44.4 Å². The van der Waals surface area contributed by atoms with Crippen LogP contribution >= 0.6 is 0 Å². The van der Waals surface area contributed by atoms with E-state index in [1.807, 2.05) is 32.0 Å². The van der Waals surface area contributed by atoms with Gasteiger partial charge in [-0.1, -0.05) is 6.07 Å². The molecule has 30 heavy (non-hydrogen) atoms. The van der Waals surface area contributed by atoms with Crippen molar-refractivity contribution in [3.05, 3.63) is 30.0 Å². The maximum Gasteiger partial charge on any atom is 0.414 e. The lowest BCUT2D eigenvalue weighted by molar-refractivity contribution is -0.117. The third-order valence-electron chi connectivity index (χ3n) is 5.82. The Labute approximate surface area is 176 Å². The zero-order valence-corrected chi connectivity index (χ0v) is 17.6. The summed E-state index contributed by atoms with van der Waals surface area (Å²) in [6.45, 7) is 6.99. The number of rotatable bonds is 4. The van der Waals surface area contributed by atoms with Gasteiger partial charge in [0.25, 0.3) is 0 Å². The SMILES string of the molecule is CC(=O)N1c2ccc(/C(C=NC3COC3)=C/N)cc2N(C(=O)OC2(C)CC2)C[C@@H]1C. The van der Waals surface area contributed by atoms with E-state index >= 15 is 0 Å². The smallest absolute Gasteiger partial charge is 0.414 e. The van der Waals surface area contributed by atoms with E-state index in [9.17, 15) is 9.59 Å². The van der Waals surface area contributed by atoms with Gasteiger partial charge < -0.3 is 20.1 Å². The third-order valence-corrected chi connectivity index (χ3v) is 5.82. The van der Waals surface area contributed by atoms with Gasteiger partial charge in [0.1, 0.15) is 5.60 Å². The molecule has 0 aromatic heterocycles. The number of hydrogen-bond acceptors (Lipinski definition) is 6. The van der Waals surface area contributed by atoms with Crippen molar-refractivity contribution in [3.8, 4) is 0 Å². The number of nitrogens with zero attached hydrogens (tertiary/aromatic N) is 3. The number of benzene rings is 1. The number of allylic oxidation sites excluding steroid dienone is 1. The summed E-state index contributed by atoms with van der Waals surface area (Å²) < 4.78 is 10.9. The van der Waals surface area contributed by atoms with Crippen molar-refractivity contribution in [1.29, 1.82) is 0 Å². The van der Waals surface area contributed by atoms with E-state index in [1.165, 1.54) is 13.1 Å². The highest BCUT2D eigenvalue weighted by Gasteiger charge is 2.44. The number of amides is 2. The highest BCUT2D eigenvalue weighted by atomic mass is 16.6. The van der Waals surface area contributed by atoms with Crippen molar-refractivity contribution in [1.82, 2.24) is 0 Å². The van der Waals surface area contributed by atoms with Crippen molar-refractivity contribution < 1.29 is 19.1 Å². The van der Waals surface area contributed by atoms with Crippen LogP contribution < -0.4 is 15.5 Å². The summed E-state index contributed by atoms with van der Waals surface area (Å²) in [6, 6.07) is 5.60. The molecule has 8 heteroatoms. The Bertz CT molecular complexity index is 918. The molecule has 2 fully saturated rings. The summed E-state index contributed by atoms with van der Waals surface area (Å²) in [5.41, 5.74) is 8.34. The second-order valence-electron chi connectivity index (χ2n) is 8.46. The first-order chi connectivity index (χ1) is 14.3. The van der Waals surface area contributed by atoms with Gasteiger partial charge in [-0.25, -0.2) is 4.79 Å². The van der Waals surface area contributed by atoms with Gasteiger partial charge in [-0.2, -0.15) is 0 Å². The van der Waals surface area contributed by atoms with Crippen LogP contribution in [0.1, 0.15) is 39.2 Å². The summed E-state index contributed by atoms with van der Waals surface area (Å²) in [5, 5.41) is 0. The second-order valence-corrected chi connectivity index (χ2v) is 8.46. The fraction of sp³-hybridized carbons (Fsp3) is 0.500. The van der Waals surface area contributed by atoms with E-state index in [-0.39, 0.29) is 29.7 Å². The largest absolute Gasteiger partial charge is 0.443 e. The zero-order valence-electron chi connectivity index (χ0n) is 17.6. The highest BCUT2D eigenvalue weighted by molar-refractivity contribution is 6.11. The Morgan fingerprint density at radius 2 is 2.03 bits per heavy atom. The van der Waals surface area contributed by atoms with Crippen LogP contribution in [0.5, 0.6) is 0 Å². The molecule has 3 aliphatic rings. The van der Waals surface area contributed by atoms with Crippen LogP contribution in [0.2, 0.25) is 0 Å². The van der Waals surface area contributed by atoms with E-state index < -0.39 is 0 Å². The molecule has 1 aromatic rings. The fourth-order valence-electron chi connectivity index (χ4n) is 3.71. The molecule has 2 heterocycles. The van der Waals surface area contributed by atoms with Gasteiger partial charge >= 0.3 is 6.09 Å². The van der Waals surface area contributed by atoms with Crippen LogP contribution in [0.15, 0.2) is 29.4 Å². The molecular weight excluding hydrogens is 384 g/mol. The molecule has 1 saturated carbocycles. The average Bonchev–Trinajstić information content (AvgIpc) is 3.39. The van der Waals surface area contributed by atoms with Gasteiger partial charge in [0.2, 0.25) is 5.91 Å². The number of carbonyl (C=O) groups excluding carboxylic acids is 2. The number of hydrogen-bond donors (Lipinski definition) is 1. The van der Waals surface area contributed by atoms with Crippen LogP contribution in [0.25, 0.3) is 5.57 Å². The molecular formula is C22H28N4O4. The van der Waals surface area contributed by atoms with Gasteiger partial charge in [-0.3, -0.25) is 14.7 Å². The normalized spacial score (nSPS) is 23.2. The first-order valence-corrected chi connectivity index (χ1v) is 10.3. The van der Waals surface area contributed by atoms with E-state index in [2.05, 4.69) is 4.99 Å². The molecule has 1 atom stereocenters. The maximum absolute atomic E-state index is 13.0. The third kappa shape index (κ3) is 3.92. The first kappa shape index (κ1) is 20.4. The quantitative estimate of drug-likeness (QED) is 0.767. The Kier molecular flexibility index (Phi) is 5.27. The Morgan fingerprint density at radius 1 is 1.30 bits per heavy atom. The lowest BCUT2D eigenvalue weighted by atomic mass is 10.0. The summed E-state index contributed by atoms with van der Waals surface area (Å²) in [7, 11) is 0. The standard InChI is InChI=1S/C22H28N4O4/c1-14-11-25(21(28)30-22(3)6-7-22)20-8-16(4-5-19(20)26(14)15(2)27)17(9-23)10-24-18-12-29-13-18/h4-5,8-10,14,18H,6-7,11-13,23H2,1-3H3/b17-9+,24-10?/t14-/m0/s1. The van der Waals surface area contributed by atoms with Crippen molar-refractivity contribution in [3.63, 3.8) is 0 Å². The molecule has 1 aliphatic carbocycles. The van der Waals surface area contributed by atoms with Crippen LogP contribution in [0.4, 0.5) is 16.2 Å². The van der Waals surface area contributed by atoms with Gasteiger partial charge in [-0.15, -0.1) is 0 Å². The van der Waals surface area contributed by atoms with E-state index in [1.54, 1.807) is 16.0 Å². The van der Waals surface area contributed by atoms with Gasteiger partial charge in [0.05, 0.1) is 36.7 Å². The molecule has 160 valence electrons. The van der Waals surface area contributed by atoms with E-state index in [0.29, 0.717) is 31.1 Å². The summed E-state index contributed by atoms with van der Waals surface area (Å²) in [4.78, 5) is 33.1. The highest BCUT2D eigenvalue weighted by Crippen LogP contribution is 2.42. The molecule has 0 bridgehead atoms. The van der Waals surface area contributed by atoms with Crippen molar-refractivity contribution >= 4 is 35.2 Å². The molecule has 1 saturated heterocycles. The lowest BCUT2D eigenvalue weighted by Crippen LogP contribution is -2.52. The minimum atomic E-state index is -0.387. The van der Waals surface area contributed by atoms with E-state index in [0.717, 1.165) is 24.0 Å². The lowest BCUT2D eigenvalue weighted by Gasteiger charge is -2.40. The zero-order chi connectivity index (χ0) is 21.5. The van der Waals surface area contributed by atoms with Gasteiger partial charge in [0, 0.05) is 31.5 Å². The first-order valence-electron chi connectivity index (χ1n) is 10.3. The molecule has 0 unspecified atom stereocenters. The fourth-order valence-corrected chi connectivity index (χ4v) is 3.71. The van der Waals surface area contributed by atoms with Crippen LogP contribution in [0, 0.1) is 0 Å². The van der Waals surface area contributed by atoms with Crippen molar-refractivity contribution in [2.75, 3.05) is 29.6 Å². The minimum absolute atomic E-state index is 0.0696. The molecule has 4 rings (SSSR count). The molecule has 2 N–H and O–H groups in total. The number of ether oxygens (including phenoxy) is 2. The topological polar surface area (TPSA) is 97.5 Å². The monoisotopic (exact) mass is 412 g/mol. The minimum Gasteiger partial charge on any atom is -0.443 e. The van der Waals surface area contributed by atoms with Gasteiger partial charge in [0.15, 0.2) is 0 Å². The number of aliphatic imine (C=N–C) groups is 1. The predicted molar refractivity (Wildman–Crippen MR) is 116 cm³/mol. The van der Waals surface area contributed by atoms with Crippen molar-refractivity contribution in [2.45, 2.75) is 51.3 Å². The summed E-state index contributed by atoms with van der Waals surface area (Å²) in [6.07, 6.45) is 4.58. The molecule has 1 aromatic carbocycles.